The van der Waals surface area contributed by atoms with E-state index in [1.165, 1.54) is 49.3 Å². The molecule has 1 amide bonds. The maximum atomic E-state index is 15.3. The van der Waals surface area contributed by atoms with Crippen molar-refractivity contribution in [3.63, 3.8) is 0 Å². The molecule has 1 aliphatic carbocycles. The molecule has 6 nitrogen and oxygen atoms in total. The number of hydrogen-bond acceptors (Lipinski definition) is 6. The third-order valence-electron chi connectivity index (χ3n) is 7.52. The standard InChI is InChI=1S/C26H28F2N4O2S/c1-15-22-25(2,31-24(29)35-26(15,22)23(33)32-10-4-5-11-32)18-12-16(6-8-19(18)27)13-20(28)21-9-7-17(34-3)14-30-21/h6-9,12-15,22H,4-5,10-11H2,1-3H3,(H2,29,31)/b20-13-/t15?,22?,25-,26+/m1/s1. The van der Waals surface area contributed by atoms with Gasteiger partial charge in [0.05, 0.1) is 24.5 Å². The Morgan fingerprint density at radius 3 is 2.69 bits per heavy atom. The SMILES string of the molecule is COc1ccc(/C(F)=C/c2ccc(F)c([C@@]3(C)N=C(N)S[C@@]4(C(=O)N5CCCC5)C(C)C43)c2)nc1. The fourth-order valence-corrected chi connectivity index (χ4v) is 7.35. The average molecular weight is 499 g/mol. The minimum atomic E-state index is -1.05. The van der Waals surface area contributed by atoms with Gasteiger partial charge in [0.1, 0.15) is 22.1 Å². The molecule has 1 saturated carbocycles. The van der Waals surface area contributed by atoms with Crippen LogP contribution in [0.25, 0.3) is 11.9 Å². The van der Waals surface area contributed by atoms with Crippen LogP contribution < -0.4 is 10.5 Å². The van der Waals surface area contributed by atoms with E-state index in [2.05, 4.69) is 9.98 Å². The Morgan fingerprint density at radius 2 is 2.03 bits per heavy atom. The van der Waals surface area contributed by atoms with Gasteiger partial charge in [0.15, 0.2) is 5.17 Å². The van der Waals surface area contributed by atoms with Crippen LogP contribution in [-0.4, -0.2) is 45.9 Å². The highest BCUT2D eigenvalue weighted by Crippen LogP contribution is 2.70. The summed E-state index contributed by atoms with van der Waals surface area (Å²) in [6.45, 7) is 5.31. The molecule has 2 N–H and O–H groups in total. The van der Waals surface area contributed by atoms with Crippen LogP contribution in [0.3, 0.4) is 0 Å². The van der Waals surface area contributed by atoms with Crippen molar-refractivity contribution in [3.8, 4) is 5.75 Å². The first-order valence-corrected chi connectivity index (χ1v) is 12.5. The molecule has 1 saturated heterocycles. The molecule has 184 valence electrons. The number of carbonyl (C=O) groups is 1. The molecule has 0 bridgehead atoms. The monoisotopic (exact) mass is 498 g/mol. The first-order valence-electron chi connectivity index (χ1n) is 11.7. The number of hydrogen-bond donors (Lipinski definition) is 1. The third-order valence-corrected chi connectivity index (χ3v) is 8.96. The number of carbonyl (C=O) groups excluding carboxylic acids is 1. The zero-order chi connectivity index (χ0) is 25.0. The number of benzene rings is 1. The number of pyridine rings is 1. The van der Waals surface area contributed by atoms with E-state index < -0.39 is 21.9 Å². The summed E-state index contributed by atoms with van der Waals surface area (Å²) in [7, 11) is 1.51. The van der Waals surface area contributed by atoms with E-state index in [1.54, 1.807) is 12.1 Å². The summed E-state index contributed by atoms with van der Waals surface area (Å²) in [6.07, 6.45) is 4.72. The highest BCUT2D eigenvalue weighted by molar-refractivity contribution is 8.15. The smallest absolute Gasteiger partial charge is 0.239 e. The van der Waals surface area contributed by atoms with Crippen LogP contribution >= 0.6 is 11.8 Å². The van der Waals surface area contributed by atoms with Crippen molar-refractivity contribution in [1.82, 2.24) is 9.88 Å². The van der Waals surface area contributed by atoms with Crippen molar-refractivity contribution in [1.29, 1.82) is 0 Å². The summed E-state index contributed by atoms with van der Waals surface area (Å²) < 4.78 is 34.5. The van der Waals surface area contributed by atoms with Crippen molar-refractivity contribution >= 4 is 34.7 Å². The number of aliphatic imine (C=N–C) groups is 1. The van der Waals surface area contributed by atoms with Crippen molar-refractivity contribution in [2.24, 2.45) is 22.6 Å². The molecule has 0 radical (unpaired) electrons. The molecule has 1 aromatic heterocycles. The molecule has 2 fully saturated rings. The summed E-state index contributed by atoms with van der Waals surface area (Å²) in [6, 6.07) is 7.56. The summed E-state index contributed by atoms with van der Waals surface area (Å²) in [4.78, 5) is 24.2. The third kappa shape index (κ3) is 3.80. The van der Waals surface area contributed by atoms with Gasteiger partial charge in [0.25, 0.3) is 0 Å². The average Bonchev–Trinajstić information content (AvgIpc) is 3.19. The number of aromatic nitrogens is 1. The number of halogens is 2. The van der Waals surface area contributed by atoms with Gasteiger partial charge in [-0.15, -0.1) is 0 Å². The Morgan fingerprint density at radius 1 is 1.29 bits per heavy atom. The fraction of sp³-hybridized carbons (Fsp3) is 0.423. The van der Waals surface area contributed by atoms with Crippen LogP contribution in [0.2, 0.25) is 0 Å². The molecule has 3 aliphatic rings. The van der Waals surface area contributed by atoms with Crippen molar-refractivity contribution in [3.05, 3.63) is 59.2 Å². The molecule has 0 spiro atoms. The Hall–Kier alpha value is -2.94. The number of nitrogens with zero attached hydrogens (tertiary/aromatic N) is 3. The van der Waals surface area contributed by atoms with Crippen LogP contribution in [0, 0.1) is 17.7 Å². The lowest BCUT2D eigenvalue weighted by Crippen LogP contribution is -2.45. The normalized spacial score (nSPS) is 30.0. The van der Waals surface area contributed by atoms with Gasteiger partial charge in [-0.2, -0.15) is 0 Å². The number of fused-ring (bicyclic) bond motifs is 1. The van der Waals surface area contributed by atoms with Gasteiger partial charge in [-0.3, -0.25) is 9.79 Å². The molecule has 5 rings (SSSR count). The predicted octanol–water partition coefficient (Wildman–Crippen LogP) is 4.60. The molecule has 9 heteroatoms. The number of ether oxygens (including phenoxy) is 1. The summed E-state index contributed by atoms with van der Waals surface area (Å²) in [5, 5.41) is 0.273. The predicted molar refractivity (Wildman–Crippen MR) is 134 cm³/mol. The van der Waals surface area contributed by atoms with Crippen LogP contribution in [0.15, 0.2) is 41.5 Å². The number of amidine groups is 1. The number of likely N-dealkylation sites (tertiary alicyclic amines) is 1. The lowest BCUT2D eigenvalue weighted by molar-refractivity contribution is -0.131. The quantitative estimate of drug-likeness (QED) is 0.652. The van der Waals surface area contributed by atoms with Gasteiger partial charge in [-0.05, 0) is 61.6 Å². The maximum absolute atomic E-state index is 15.3. The molecule has 2 aliphatic heterocycles. The van der Waals surface area contributed by atoms with E-state index in [0.717, 1.165) is 25.9 Å². The van der Waals surface area contributed by atoms with Gasteiger partial charge in [-0.25, -0.2) is 13.8 Å². The largest absolute Gasteiger partial charge is 0.495 e. The molecule has 35 heavy (non-hydrogen) atoms. The highest BCUT2D eigenvalue weighted by atomic mass is 32.2. The Balaban J connectivity index is 1.51. The van der Waals surface area contributed by atoms with Gasteiger partial charge in [0, 0.05) is 24.6 Å². The first-order chi connectivity index (χ1) is 16.7. The first kappa shape index (κ1) is 23.8. The minimum absolute atomic E-state index is 0.0331. The molecule has 2 aromatic rings. The van der Waals surface area contributed by atoms with Crippen LogP contribution in [0.5, 0.6) is 5.75 Å². The zero-order valence-electron chi connectivity index (χ0n) is 19.9. The molecule has 1 aromatic carbocycles. The second-order valence-corrected chi connectivity index (χ2v) is 10.9. The summed E-state index contributed by atoms with van der Waals surface area (Å²) in [5.41, 5.74) is 6.11. The fourth-order valence-electron chi connectivity index (χ4n) is 5.74. The molecule has 2 unspecified atom stereocenters. The lowest BCUT2D eigenvalue weighted by atomic mass is 9.84. The second-order valence-electron chi connectivity index (χ2n) is 9.57. The number of thioether (sulfide) groups is 1. The topological polar surface area (TPSA) is 80.8 Å². The zero-order valence-corrected chi connectivity index (χ0v) is 20.7. The molecular formula is C26H28F2N4O2S. The van der Waals surface area contributed by atoms with E-state index in [9.17, 15) is 9.18 Å². The van der Waals surface area contributed by atoms with E-state index in [4.69, 9.17) is 10.5 Å². The summed E-state index contributed by atoms with van der Waals surface area (Å²) in [5.74, 6) is -0.686. The van der Waals surface area contributed by atoms with Crippen molar-refractivity contribution in [2.75, 3.05) is 20.2 Å². The van der Waals surface area contributed by atoms with Crippen molar-refractivity contribution < 1.29 is 18.3 Å². The molecular weight excluding hydrogens is 470 g/mol. The summed E-state index contributed by atoms with van der Waals surface area (Å²) >= 11 is 1.31. The van der Waals surface area contributed by atoms with E-state index in [0.29, 0.717) is 16.9 Å². The highest BCUT2D eigenvalue weighted by Gasteiger charge is 2.76. The Kier molecular flexibility index (Phi) is 5.86. The Labute approximate surface area is 207 Å². The van der Waals surface area contributed by atoms with Gasteiger partial charge >= 0.3 is 0 Å². The van der Waals surface area contributed by atoms with Crippen LogP contribution in [-0.2, 0) is 10.3 Å². The minimum Gasteiger partial charge on any atom is -0.495 e. The van der Waals surface area contributed by atoms with Crippen molar-refractivity contribution in [2.45, 2.75) is 37.0 Å². The molecule has 4 atom stereocenters. The van der Waals surface area contributed by atoms with Gasteiger partial charge < -0.3 is 15.4 Å². The molecule has 3 heterocycles. The Bertz CT molecular complexity index is 1230. The van der Waals surface area contributed by atoms with Gasteiger partial charge in [-0.1, -0.05) is 24.8 Å². The van der Waals surface area contributed by atoms with E-state index in [-0.39, 0.29) is 28.6 Å². The second kappa shape index (κ2) is 8.62. The van der Waals surface area contributed by atoms with E-state index >= 15 is 4.39 Å². The van der Waals surface area contributed by atoms with E-state index in [1.807, 2.05) is 18.7 Å². The maximum Gasteiger partial charge on any atom is 0.239 e. The number of rotatable bonds is 5. The number of amides is 1. The van der Waals surface area contributed by atoms with Crippen LogP contribution in [0.4, 0.5) is 8.78 Å². The van der Waals surface area contributed by atoms with Crippen LogP contribution in [0.1, 0.15) is 43.5 Å². The van der Waals surface area contributed by atoms with Gasteiger partial charge in [0.2, 0.25) is 5.91 Å². The lowest BCUT2D eigenvalue weighted by Gasteiger charge is -2.35. The number of methoxy groups -OCH3 is 1. The number of nitrogens with two attached hydrogens (primary N) is 1.